The van der Waals surface area contributed by atoms with Crippen LogP contribution in [0.5, 0.6) is 0 Å². The summed E-state index contributed by atoms with van der Waals surface area (Å²) in [6.07, 6.45) is 1.64. The first-order chi connectivity index (χ1) is 8.63. The first-order valence-corrected chi connectivity index (χ1v) is 7.29. The zero-order valence-electron chi connectivity index (χ0n) is 11.0. The van der Waals surface area contributed by atoms with Crippen LogP contribution in [0, 0.1) is 0 Å². The Hall–Kier alpha value is -1.00. The summed E-state index contributed by atoms with van der Waals surface area (Å²) >= 11 is 1.49. The fourth-order valence-corrected chi connectivity index (χ4v) is 2.26. The van der Waals surface area contributed by atoms with Gasteiger partial charge >= 0.3 is 0 Å². The van der Waals surface area contributed by atoms with E-state index in [-0.39, 0.29) is 5.91 Å². The lowest BCUT2D eigenvalue weighted by Gasteiger charge is -2.07. The second kappa shape index (κ2) is 8.16. The molecule has 0 saturated carbocycles. The average Bonchev–Trinajstić information content (AvgIpc) is 2.37. The molecular weight excluding hydrogens is 246 g/mol. The molecule has 3 nitrogen and oxygen atoms in total. The molecule has 1 atom stereocenters. The largest absolute Gasteiger partial charge is 0.389 e. The fraction of sp³-hybridized carbons (Fsp3) is 0.500. The predicted octanol–water partition coefficient (Wildman–Crippen LogP) is 2.75. The molecule has 4 heteroatoms. The minimum absolute atomic E-state index is 0.0656. The Labute approximate surface area is 113 Å². The number of hydrogen-bond donors (Lipinski definition) is 2. The van der Waals surface area contributed by atoms with Crippen LogP contribution in [-0.4, -0.2) is 23.3 Å². The summed E-state index contributed by atoms with van der Waals surface area (Å²) in [5.74, 6) is 0.489. The van der Waals surface area contributed by atoms with Crippen molar-refractivity contribution in [3.63, 3.8) is 0 Å². The number of nitrogens with one attached hydrogen (secondary N) is 1. The van der Waals surface area contributed by atoms with Gasteiger partial charge in [-0.15, -0.1) is 11.8 Å². The van der Waals surface area contributed by atoms with Gasteiger partial charge in [0.25, 0.3) is 0 Å². The number of aliphatic hydroxyl groups excluding tert-OH is 1. The third-order valence-electron chi connectivity index (χ3n) is 2.56. The van der Waals surface area contributed by atoms with E-state index < -0.39 is 6.10 Å². The van der Waals surface area contributed by atoms with Crippen molar-refractivity contribution >= 4 is 17.7 Å². The highest BCUT2D eigenvalue weighted by molar-refractivity contribution is 8.00. The van der Waals surface area contributed by atoms with E-state index in [4.69, 9.17) is 0 Å². The van der Waals surface area contributed by atoms with E-state index in [1.165, 1.54) is 11.8 Å². The van der Waals surface area contributed by atoms with Gasteiger partial charge < -0.3 is 10.4 Å². The number of carbonyl (C=O) groups excluding carboxylic acids is 1. The van der Waals surface area contributed by atoms with Gasteiger partial charge in [-0.3, -0.25) is 4.79 Å². The van der Waals surface area contributed by atoms with Gasteiger partial charge in [-0.25, -0.2) is 0 Å². The summed E-state index contributed by atoms with van der Waals surface area (Å²) in [5, 5.41) is 12.4. The molecule has 0 aliphatic rings. The van der Waals surface area contributed by atoms with Crippen molar-refractivity contribution in [3.05, 3.63) is 29.8 Å². The maximum atomic E-state index is 11.5. The highest BCUT2D eigenvalue weighted by atomic mass is 32.2. The lowest BCUT2D eigenvalue weighted by atomic mass is 10.1. The second-order valence-electron chi connectivity index (χ2n) is 4.24. The van der Waals surface area contributed by atoms with E-state index in [0.29, 0.717) is 5.75 Å². The van der Waals surface area contributed by atoms with Crippen molar-refractivity contribution in [3.8, 4) is 0 Å². The van der Waals surface area contributed by atoms with Gasteiger partial charge in [0.2, 0.25) is 5.91 Å². The lowest BCUT2D eigenvalue weighted by Crippen LogP contribution is -2.25. The summed E-state index contributed by atoms with van der Waals surface area (Å²) in [4.78, 5) is 12.5. The average molecular weight is 267 g/mol. The van der Waals surface area contributed by atoms with E-state index >= 15 is 0 Å². The number of thioether (sulfide) groups is 1. The summed E-state index contributed by atoms with van der Waals surface area (Å²) in [6.45, 7) is 4.59. The molecule has 0 radical (unpaired) electrons. The van der Waals surface area contributed by atoms with Gasteiger partial charge in [-0.1, -0.05) is 25.5 Å². The maximum Gasteiger partial charge on any atom is 0.230 e. The van der Waals surface area contributed by atoms with Crippen molar-refractivity contribution in [1.82, 2.24) is 5.32 Å². The Balaban J connectivity index is 2.38. The van der Waals surface area contributed by atoms with Gasteiger partial charge in [0.05, 0.1) is 11.9 Å². The van der Waals surface area contributed by atoms with E-state index in [1.54, 1.807) is 6.92 Å². The summed E-state index contributed by atoms with van der Waals surface area (Å²) in [7, 11) is 0. The molecule has 0 heterocycles. The molecule has 0 spiro atoms. The monoisotopic (exact) mass is 267 g/mol. The Morgan fingerprint density at radius 3 is 2.94 bits per heavy atom. The molecule has 0 bridgehead atoms. The van der Waals surface area contributed by atoms with E-state index in [9.17, 15) is 9.90 Å². The molecule has 1 aromatic rings. The predicted molar refractivity (Wildman–Crippen MR) is 75.7 cm³/mol. The SMILES string of the molecule is CCCCNC(=O)CSc1cccc(C(C)O)c1. The third kappa shape index (κ3) is 5.56. The second-order valence-corrected chi connectivity index (χ2v) is 5.29. The normalized spacial score (nSPS) is 12.2. The fourth-order valence-electron chi connectivity index (χ4n) is 1.47. The molecule has 18 heavy (non-hydrogen) atoms. The Morgan fingerprint density at radius 1 is 1.50 bits per heavy atom. The minimum atomic E-state index is -0.469. The van der Waals surface area contributed by atoms with Crippen molar-refractivity contribution < 1.29 is 9.90 Å². The molecule has 1 rings (SSSR count). The molecule has 0 saturated heterocycles. The number of unbranched alkanes of at least 4 members (excludes halogenated alkanes) is 1. The van der Waals surface area contributed by atoms with Crippen LogP contribution >= 0.6 is 11.8 Å². The Morgan fingerprint density at radius 2 is 2.28 bits per heavy atom. The Bertz CT molecular complexity index is 380. The van der Waals surface area contributed by atoms with Crippen LogP contribution in [0.25, 0.3) is 0 Å². The molecule has 1 aromatic carbocycles. The first kappa shape index (κ1) is 15.1. The smallest absolute Gasteiger partial charge is 0.230 e. The molecular formula is C14H21NO2S. The van der Waals surface area contributed by atoms with Gasteiger partial charge in [-0.05, 0) is 31.0 Å². The van der Waals surface area contributed by atoms with Gasteiger partial charge in [0, 0.05) is 11.4 Å². The first-order valence-electron chi connectivity index (χ1n) is 6.31. The van der Waals surface area contributed by atoms with Crippen molar-refractivity contribution in [1.29, 1.82) is 0 Å². The lowest BCUT2D eigenvalue weighted by molar-refractivity contribution is -0.118. The van der Waals surface area contributed by atoms with Crippen LogP contribution in [0.4, 0.5) is 0 Å². The third-order valence-corrected chi connectivity index (χ3v) is 3.56. The van der Waals surface area contributed by atoms with Crippen LogP contribution in [0.3, 0.4) is 0 Å². The molecule has 0 aliphatic carbocycles. The summed E-state index contributed by atoms with van der Waals surface area (Å²) in [6, 6.07) is 7.67. The quantitative estimate of drug-likeness (QED) is 0.590. The van der Waals surface area contributed by atoms with Gasteiger partial charge in [-0.2, -0.15) is 0 Å². The maximum absolute atomic E-state index is 11.5. The van der Waals surface area contributed by atoms with Gasteiger partial charge in [0.1, 0.15) is 0 Å². The zero-order chi connectivity index (χ0) is 13.4. The molecule has 100 valence electrons. The van der Waals surface area contributed by atoms with Crippen LogP contribution < -0.4 is 5.32 Å². The number of aliphatic hydroxyl groups is 1. The topological polar surface area (TPSA) is 49.3 Å². The van der Waals surface area contributed by atoms with E-state index in [0.717, 1.165) is 29.8 Å². The summed E-state index contributed by atoms with van der Waals surface area (Å²) < 4.78 is 0. The van der Waals surface area contributed by atoms with Crippen molar-refractivity contribution in [2.24, 2.45) is 0 Å². The number of rotatable bonds is 7. The van der Waals surface area contributed by atoms with Gasteiger partial charge in [0.15, 0.2) is 0 Å². The molecule has 2 N–H and O–H groups in total. The number of amides is 1. The molecule has 0 aliphatic heterocycles. The number of benzene rings is 1. The molecule has 1 amide bonds. The Kier molecular flexibility index (Phi) is 6.83. The van der Waals surface area contributed by atoms with E-state index in [1.807, 2.05) is 24.3 Å². The molecule has 0 fully saturated rings. The van der Waals surface area contributed by atoms with Crippen LogP contribution in [-0.2, 0) is 4.79 Å². The van der Waals surface area contributed by atoms with Crippen molar-refractivity contribution in [2.75, 3.05) is 12.3 Å². The van der Waals surface area contributed by atoms with Crippen LogP contribution in [0.1, 0.15) is 38.4 Å². The minimum Gasteiger partial charge on any atom is -0.389 e. The van der Waals surface area contributed by atoms with Crippen molar-refractivity contribution in [2.45, 2.75) is 37.7 Å². The van der Waals surface area contributed by atoms with E-state index in [2.05, 4.69) is 12.2 Å². The number of hydrogen-bond acceptors (Lipinski definition) is 3. The highest BCUT2D eigenvalue weighted by Crippen LogP contribution is 2.22. The number of carbonyl (C=O) groups is 1. The molecule has 0 aromatic heterocycles. The molecule has 1 unspecified atom stereocenters. The summed E-state index contributed by atoms with van der Waals surface area (Å²) in [5.41, 5.74) is 0.881. The van der Waals surface area contributed by atoms with Crippen LogP contribution in [0.2, 0.25) is 0 Å². The highest BCUT2D eigenvalue weighted by Gasteiger charge is 2.04. The standard InChI is InChI=1S/C14H21NO2S/c1-3-4-8-15-14(17)10-18-13-7-5-6-12(9-13)11(2)16/h5-7,9,11,16H,3-4,8,10H2,1-2H3,(H,15,17). The van der Waals surface area contributed by atoms with Crippen LogP contribution in [0.15, 0.2) is 29.2 Å². The zero-order valence-corrected chi connectivity index (χ0v) is 11.8.